The largest absolute Gasteiger partial charge is 0.309 e. The molecule has 2 aliphatic heterocycles. The smallest absolute Gasteiger partial charge is 0.106 e. The van der Waals surface area contributed by atoms with Crippen molar-refractivity contribution >= 4 is 43.1 Å². The summed E-state index contributed by atoms with van der Waals surface area (Å²) >= 11 is 0. The van der Waals surface area contributed by atoms with Crippen LogP contribution in [0.15, 0.2) is 437 Å². The van der Waals surface area contributed by atoms with Gasteiger partial charge in [0.2, 0.25) is 0 Å². The second kappa shape index (κ2) is 29.1. The van der Waals surface area contributed by atoms with E-state index in [1.807, 2.05) is 0 Å². The molecule has 20 aromatic carbocycles. The summed E-state index contributed by atoms with van der Waals surface area (Å²) in [5.41, 5.74) is 39.0. The first kappa shape index (κ1) is 69.1. The summed E-state index contributed by atoms with van der Waals surface area (Å²) in [6.07, 6.45) is 0. The molecule has 0 saturated heterocycles. The molecule has 0 bridgehead atoms. The topological polar surface area (TPSA) is 0 Å². The van der Waals surface area contributed by atoms with Crippen LogP contribution in [0.4, 0.5) is 0 Å². The molecule has 1 nitrogen and oxygen atoms in total. The Labute approximate surface area is 683 Å². The molecule has 0 N–H and O–H groups in total. The van der Waals surface area contributed by atoms with Crippen molar-refractivity contribution in [2.75, 3.05) is 0 Å². The van der Waals surface area contributed by atoms with Gasteiger partial charge in [0.15, 0.2) is 0 Å². The van der Waals surface area contributed by atoms with Crippen LogP contribution >= 0.6 is 0 Å². The third-order valence-electron chi connectivity index (χ3n) is 24.9. The zero-order valence-corrected chi connectivity index (χ0v) is 64.8. The Morgan fingerprint density at radius 2 is 0.350 bits per heavy atom. The Balaban J connectivity index is 0.882. The van der Waals surface area contributed by atoms with Gasteiger partial charge < -0.3 is 4.48 Å². The summed E-state index contributed by atoms with van der Waals surface area (Å²) in [6, 6.07) is 165. The second-order valence-electron chi connectivity index (χ2n) is 32.2. The highest BCUT2D eigenvalue weighted by atomic mass is 15.4. The SMILES string of the molecule is c1ccc(-c2cc(-c3ccccc3)cc(-c3ccc4c5c(cc(-c6cc(-c7ccccc7)cc(-c7ccccc7)c6)c4c3)C[N+]3(Cc4ccc6ccccc6c4-c4c(ccc6ccccc46)C3)Cc3cc(-c4cc(-c6ccccc6)cc(-c6ccccc6)c4)c4cc(-c6cc(-c7ccccc7)cc(-c7ccccc7)c6)ccc4c3-5)c2)cc1. The minimum Gasteiger partial charge on any atom is -0.309 e. The molecule has 0 radical (unpaired) electrons. The van der Waals surface area contributed by atoms with Gasteiger partial charge in [-0.05, 0) is 296 Å². The standard InChI is InChI=1S/C116H80N/c1-9-29-77(30-10-1)91-57-92(78-31-11-2-12-32-78)62-99(61-91)87-53-55-107-111(69-87)109(101-65-95(81-37-17-5-18-38-81)59-96(66-101)82-39-19-6-20-40-82)71-103-75-117(73-89-51-49-85-45-25-27-47-105(85)113(89)114-90(74-117)52-50-86-46-26-28-48-106(86)114)76-104-72-110(102-67-97(83-41-21-7-22-42-83)60-98(68-102)84-43-23-8-24-44-84)112-70-88(54-56-108(112)116(104)115(103)107)100-63-93(79-33-13-3-14-34-79)58-94(64-100)80-35-15-4-16-36-80/h1-72H,73-76H2/q+1. The predicted molar refractivity (Wildman–Crippen MR) is 494 cm³/mol. The minimum absolute atomic E-state index is 0.741. The molecular weight excluding hydrogens is 1410 g/mol. The molecule has 22 rings (SSSR count). The Bertz CT molecular complexity index is 6570. The van der Waals surface area contributed by atoms with E-state index in [-0.39, 0.29) is 0 Å². The molecule has 20 aromatic rings. The third kappa shape index (κ3) is 12.8. The quantitative estimate of drug-likeness (QED) is 0.107. The van der Waals surface area contributed by atoms with Crippen molar-refractivity contribution in [1.29, 1.82) is 0 Å². The lowest BCUT2D eigenvalue weighted by Gasteiger charge is -2.38. The average Bonchev–Trinajstić information content (AvgIpc) is 1.63. The average molecular weight is 1490 g/mol. The van der Waals surface area contributed by atoms with Crippen molar-refractivity contribution < 1.29 is 4.48 Å². The number of benzene rings is 20. The molecule has 0 amide bonds. The molecule has 0 unspecified atom stereocenters. The van der Waals surface area contributed by atoms with E-state index in [1.165, 1.54) is 199 Å². The summed E-state index contributed by atoms with van der Waals surface area (Å²) in [4.78, 5) is 0. The highest BCUT2D eigenvalue weighted by molar-refractivity contribution is 6.17. The number of rotatable bonds is 12. The summed E-state index contributed by atoms with van der Waals surface area (Å²) < 4.78 is 0.741. The Kier molecular flexibility index (Phi) is 17.2. The van der Waals surface area contributed by atoms with Crippen molar-refractivity contribution in [3.63, 3.8) is 0 Å². The van der Waals surface area contributed by atoms with Crippen LogP contribution in [0.25, 0.3) is 199 Å². The van der Waals surface area contributed by atoms with E-state index >= 15 is 0 Å². The first-order chi connectivity index (χ1) is 57.9. The Morgan fingerprint density at radius 3 is 0.624 bits per heavy atom. The monoisotopic (exact) mass is 1490 g/mol. The van der Waals surface area contributed by atoms with E-state index in [9.17, 15) is 0 Å². The zero-order valence-electron chi connectivity index (χ0n) is 64.8. The lowest BCUT2D eigenvalue weighted by atomic mass is 9.81. The number of hydrogen-bond donors (Lipinski definition) is 0. The van der Waals surface area contributed by atoms with Gasteiger partial charge in [-0.15, -0.1) is 0 Å². The number of hydrogen-bond acceptors (Lipinski definition) is 0. The van der Waals surface area contributed by atoms with E-state index in [1.54, 1.807) is 0 Å². The van der Waals surface area contributed by atoms with Gasteiger partial charge in [-0.25, -0.2) is 0 Å². The highest BCUT2D eigenvalue weighted by Gasteiger charge is 2.41. The molecule has 117 heavy (non-hydrogen) atoms. The lowest BCUT2D eigenvalue weighted by molar-refractivity contribution is -0.977. The maximum atomic E-state index is 2.68. The summed E-state index contributed by atoms with van der Waals surface area (Å²) in [5.74, 6) is 0. The first-order valence-corrected chi connectivity index (χ1v) is 41.0. The van der Waals surface area contributed by atoms with Crippen LogP contribution < -0.4 is 0 Å². The maximum Gasteiger partial charge on any atom is 0.106 e. The summed E-state index contributed by atoms with van der Waals surface area (Å²) in [5, 5.41) is 9.97. The van der Waals surface area contributed by atoms with Gasteiger partial charge in [-0.1, -0.05) is 340 Å². The molecule has 548 valence electrons. The van der Waals surface area contributed by atoms with Crippen molar-refractivity contribution in [3.05, 3.63) is 459 Å². The normalized spacial score (nSPS) is 12.7. The van der Waals surface area contributed by atoms with E-state index in [0.29, 0.717) is 0 Å². The maximum absolute atomic E-state index is 2.68. The molecule has 0 atom stereocenters. The van der Waals surface area contributed by atoms with Gasteiger partial charge in [0.1, 0.15) is 26.2 Å². The lowest BCUT2D eigenvalue weighted by Crippen LogP contribution is -2.44. The number of fused-ring (bicyclic) bond motifs is 14. The van der Waals surface area contributed by atoms with Crippen LogP contribution in [0.1, 0.15) is 22.3 Å². The predicted octanol–water partition coefficient (Wildman–Crippen LogP) is 31.2. The zero-order chi connectivity index (χ0) is 77.3. The van der Waals surface area contributed by atoms with Crippen LogP contribution in [-0.2, 0) is 26.2 Å². The molecule has 0 aliphatic carbocycles. The van der Waals surface area contributed by atoms with Gasteiger partial charge >= 0.3 is 0 Å². The number of quaternary nitrogens is 1. The van der Waals surface area contributed by atoms with Gasteiger partial charge in [-0.3, -0.25) is 0 Å². The Hall–Kier alpha value is -14.6. The van der Waals surface area contributed by atoms with Crippen LogP contribution in [-0.4, -0.2) is 4.48 Å². The van der Waals surface area contributed by atoms with Gasteiger partial charge in [0.25, 0.3) is 0 Å². The number of nitrogens with zero attached hydrogens (tertiary/aromatic N) is 1. The van der Waals surface area contributed by atoms with Crippen molar-refractivity contribution in [3.8, 4) is 156 Å². The van der Waals surface area contributed by atoms with Crippen LogP contribution in [0.2, 0.25) is 0 Å². The second-order valence-corrected chi connectivity index (χ2v) is 32.2. The molecule has 2 heterocycles. The molecule has 2 aliphatic rings. The molecule has 0 fully saturated rings. The fourth-order valence-electron chi connectivity index (χ4n) is 19.4. The van der Waals surface area contributed by atoms with Crippen molar-refractivity contribution in [2.45, 2.75) is 26.2 Å². The van der Waals surface area contributed by atoms with Crippen LogP contribution in [0, 0.1) is 0 Å². The van der Waals surface area contributed by atoms with E-state index in [0.717, 1.165) is 52.9 Å². The Morgan fingerprint density at radius 1 is 0.128 bits per heavy atom. The molecule has 1 spiro atoms. The van der Waals surface area contributed by atoms with Crippen LogP contribution in [0.3, 0.4) is 0 Å². The van der Waals surface area contributed by atoms with Gasteiger partial charge in [-0.2, -0.15) is 0 Å². The van der Waals surface area contributed by atoms with E-state index in [4.69, 9.17) is 0 Å². The summed E-state index contributed by atoms with van der Waals surface area (Å²) in [7, 11) is 0. The molecule has 0 saturated carbocycles. The van der Waals surface area contributed by atoms with Crippen molar-refractivity contribution in [1.82, 2.24) is 0 Å². The van der Waals surface area contributed by atoms with Gasteiger partial charge in [0.05, 0.1) is 0 Å². The third-order valence-corrected chi connectivity index (χ3v) is 24.9. The molecule has 0 aromatic heterocycles. The fraction of sp³-hybridized carbons (Fsp3) is 0.0345. The highest BCUT2D eigenvalue weighted by Crippen LogP contribution is 2.55. The van der Waals surface area contributed by atoms with E-state index < -0.39 is 0 Å². The van der Waals surface area contributed by atoms with E-state index in [2.05, 4.69) is 437 Å². The fourth-order valence-corrected chi connectivity index (χ4v) is 19.4. The minimum atomic E-state index is 0.741. The molecule has 1 heteroatoms. The van der Waals surface area contributed by atoms with Crippen molar-refractivity contribution in [2.24, 2.45) is 0 Å². The van der Waals surface area contributed by atoms with Crippen LogP contribution in [0.5, 0.6) is 0 Å². The molecular formula is C116H80N+. The van der Waals surface area contributed by atoms with Gasteiger partial charge in [0, 0.05) is 22.3 Å². The first-order valence-electron chi connectivity index (χ1n) is 41.0. The summed E-state index contributed by atoms with van der Waals surface area (Å²) in [6.45, 7) is 3.10.